The molecule has 0 fully saturated rings. The summed E-state index contributed by atoms with van der Waals surface area (Å²) >= 11 is 5.90. The Kier molecular flexibility index (Phi) is 4.06. The third kappa shape index (κ3) is 3.32. The van der Waals surface area contributed by atoms with Gasteiger partial charge in [-0.2, -0.15) is 0 Å². The minimum atomic E-state index is -0.780. The first-order valence-electron chi connectivity index (χ1n) is 6.07. The highest BCUT2D eigenvalue weighted by Gasteiger charge is 2.17. The van der Waals surface area contributed by atoms with Crippen molar-refractivity contribution in [2.45, 2.75) is 32.9 Å². The van der Waals surface area contributed by atoms with Crippen molar-refractivity contribution in [3.8, 4) is 5.69 Å². The molecule has 108 valence electrons. The zero-order valence-electron chi connectivity index (χ0n) is 11.4. The van der Waals surface area contributed by atoms with E-state index in [2.05, 4.69) is 15.6 Å². The molecule has 0 atom stereocenters. The van der Waals surface area contributed by atoms with Crippen molar-refractivity contribution < 1.29 is 8.78 Å². The Morgan fingerprint density at radius 3 is 2.60 bits per heavy atom. The van der Waals surface area contributed by atoms with Gasteiger partial charge in [0.1, 0.15) is 11.5 Å². The molecule has 0 aliphatic rings. The van der Waals surface area contributed by atoms with E-state index in [1.807, 2.05) is 20.8 Å². The van der Waals surface area contributed by atoms with E-state index in [4.69, 9.17) is 11.6 Å². The smallest absolute Gasteiger partial charge is 0.153 e. The van der Waals surface area contributed by atoms with Gasteiger partial charge in [0.2, 0.25) is 0 Å². The molecule has 0 bridgehead atoms. The molecule has 0 radical (unpaired) electrons. The Bertz CT molecular complexity index is 596. The maximum absolute atomic E-state index is 13.9. The molecule has 20 heavy (non-hydrogen) atoms. The SMILES string of the molecule is CC(C)(C)NCc1cnnn1-c1c(F)cc(F)cc1Cl. The van der Waals surface area contributed by atoms with E-state index in [-0.39, 0.29) is 16.2 Å². The molecule has 0 unspecified atom stereocenters. The largest absolute Gasteiger partial charge is 0.306 e. The lowest BCUT2D eigenvalue weighted by Crippen LogP contribution is -2.35. The number of aromatic nitrogens is 3. The van der Waals surface area contributed by atoms with Gasteiger partial charge in [0, 0.05) is 18.2 Å². The molecule has 1 heterocycles. The summed E-state index contributed by atoms with van der Waals surface area (Å²) in [6, 6.07) is 1.81. The highest BCUT2D eigenvalue weighted by atomic mass is 35.5. The summed E-state index contributed by atoms with van der Waals surface area (Å²) in [4.78, 5) is 0. The summed E-state index contributed by atoms with van der Waals surface area (Å²) in [7, 11) is 0. The molecule has 2 rings (SSSR count). The monoisotopic (exact) mass is 300 g/mol. The van der Waals surface area contributed by atoms with Crippen LogP contribution in [0.15, 0.2) is 18.3 Å². The maximum atomic E-state index is 13.9. The first kappa shape index (κ1) is 14.9. The van der Waals surface area contributed by atoms with Gasteiger partial charge >= 0.3 is 0 Å². The number of hydrogen-bond acceptors (Lipinski definition) is 3. The molecular weight excluding hydrogens is 286 g/mol. The average molecular weight is 301 g/mol. The number of benzene rings is 1. The van der Waals surface area contributed by atoms with Crippen LogP contribution in [0.5, 0.6) is 0 Å². The van der Waals surface area contributed by atoms with E-state index >= 15 is 0 Å². The van der Waals surface area contributed by atoms with Crippen molar-refractivity contribution in [2.24, 2.45) is 0 Å². The topological polar surface area (TPSA) is 42.7 Å². The Morgan fingerprint density at radius 2 is 2.00 bits per heavy atom. The second-order valence-electron chi connectivity index (χ2n) is 5.46. The second-order valence-corrected chi connectivity index (χ2v) is 5.87. The van der Waals surface area contributed by atoms with Crippen LogP contribution in [0.25, 0.3) is 5.69 Å². The van der Waals surface area contributed by atoms with Gasteiger partial charge in [-0.3, -0.25) is 0 Å². The Hall–Kier alpha value is -1.53. The predicted octanol–water partition coefficient (Wildman–Crippen LogP) is 3.09. The van der Waals surface area contributed by atoms with Gasteiger partial charge in [0.05, 0.1) is 16.9 Å². The summed E-state index contributed by atoms with van der Waals surface area (Å²) in [5.74, 6) is -1.51. The van der Waals surface area contributed by atoms with Crippen molar-refractivity contribution >= 4 is 11.6 Å². The molecule has 0 aliphatic heterocycles. The van der Waals surface area contributed by atoms with Crippen LogP contribution in [0, 0.1) is 11.6 Å². The third-order valence-electron chi connectivity index (χ3n) is 2.61. The fourth-order valence-electron chi connectivity index (χ4n) is 1.66. The van der Waals surface area contributed by atoms with Gasteiger partial charge < -0.3 is 5.32 Å². The van der Waals surface area contributed by atoms with E-state index in [1.165, 1.54) is 10.9 Å². The van der Waals surface area contributed by atoms with Crippen LogP contribution in [0.1, 0.15) is 26.5 Å². The average Bonchev–Trinajstić information content (AvgIpc) is 2.72. The Morgan fingerprint density at radius 1 is 1.30 bits per heavy atom. The summed E-state index contributed by atoms with van der Waals surface area (Å²) < 4.78 is 28.2. The lowest BCUT2D eigenvalue weighted by atomic mass is 10.1. The van der Waals surface area contributed by atoms with E-state index < -0.39 is 11.6 Å². The highest BCUT2D eigenvalue weighted by molar-refractivity contribution is 6.32. The molecule has 0 aliphatic carbocycles. The zero-order chi connectivity index (χ0) is 14.9. The summed E-state index contributed by atoms with van der Waals surface area (Å²) in [6.45, 7) is 6.45. The first-order valence-corrected chi connectivity index (χ1v) is 6.45. The fourth-order valence-corrected chi connectivity index (χ4v) is 1.93. The van der Waals surface area contributed by atoms with Gasteiger partial charge in [-0.25, -0.2) is 13.5 Å². The summed E-state index contributed by atoms with van der Waals surface area (Å²) in [5.41, 5.74) is 0.517. The molecule has 7 heteroatoms. The fraction of sp³-hybridized carbons (Fsp3) is 0.385. The van der Waals surface area contributed by atoms with Gasteiger partial charge in [-0.15, -0.1) is 5.10 Å². The maximum Gasteiger partial charge on any atom is 0.153 e. The summed E-state index contributed by atoms with van der Waals surface area (Å²) in [5, 5.41) is 10.8. The molecule has 2 aromatic rings. The Balaban J connectivity index is 2.38. The minimum Gasteiger partial charge on any atom is -0.306 e. The molecule has 4 nitrogen and oxygen atoms in total. The first-order chi connectivity index (χ1) is 9.28. The standard InChI is InChI=1S/C13H15ClF2N4/c1-13(2,3)17-6-9-7-18-19-20(9)12-10(14)4-8(15)5-11(12)16/h4-5,7,17H,6H2,1-3H3. The number of halogens is 3. The van der Waals surface area contributed by atoms with E-state index in [1.54, 1.807) is 0 Å². The van der Waals surface area contributed by atoms with Crippen LogP contribution in [-0.2, 0) is 6.54 Å². The van der Waals surface area contributed by atoms with E-state index in [0.29, 0.717) is 12.2 Å². The van der Waals surface area contributed by atoms with Gasteiger partial charge in [0.15, 0.2) is 5.82 Å². The Labute approximate surface area is 120 Å². The predicted molar refractivity (Wildman–Crippen MR) is 72.9 cm³/mol. The van der Waals surface area contributed by atoms with Crippen LogP contribution in [0.4, 0.5) is 8.78 Å². The lowest BCUT2D eigenvalue weighted by Gasteiger charge is -2.20. The number of hydrogen-bond donors (Lipinski definition) is 1. The summed E-state index contributed by atoms with van der Waals surface area (Å²) in [6.07, 6.45) is 1.51. The third-order valence-corrected chi connectivity index (χ3v) is 2.90. The molecule has 0 amide bonds. The second kappa shape index (κ2) is 5.46. The number of nitrogens with one attached hydrogen (secondary N) is 1. The minimum absolute atomic E-state index is 0.00345. The highest BCUT2D eigenvalue weighted by Crippen LogP contribution is 2.25. The zero-order valence-corrected chi connectivity index (χ0v) is 12.2. The van der Waals surface area contributed by atoms with Crippen molar-refractivity contribution in [3.63, 3.8) is 0 Å². The molecule has 0 saturated heterocycles. The lowest BCUT2D eigenvalue weighted by molar-refractivity contribution is 0.418. The van der Waals surface area contributed by atoms with Crippen LogP contribution in [-0.4, -0.2) is 20.5 Å². The number of nitrogens with zero attached hydrogens (tertiary/aromatic N) is 3. The van der Waals surface area contributed by atoms with Crippen molar-refractivity contribution in [1.82, 2.24) is 20.3 Å². The molecule has 0 spiro atoms. The van der Waals surface area contributed by atoms with Crippen molar-refractivity contribution in [3.05, 3.63) is 40.7 Å². The van der Waals surface area contributed by atoms with Crippen LogP contribution in [0.2, 0.25) is 5.02 Å². The van der Waals surface area contributed by atoms with E-state index in [9.17, 15) is 8.78 Å². The van der Waals surface area contributed by atoms with Crippen molar-refractivity contribution in [2.75, 3.05) is 0 Å². The normalized spacial score (nSPS) is 11.9. The van der Waals surface area contributed by atoms with Gasteiger partial charge in [-0.05, 0) is 26.8 Å². The van der Waals surface area contributed by atoms with Crippen LogP contribution >= 0.6 is 11.6 Å². The van der Waals surface area contributed by atoms with Crippen molar-refractivity contribution in [1.29, 1.82) is 0 Å². The van der Waals surface area contributed by atoms with Crippen LogP contribution in [0.3, 0.4) is 0 Å². The molecule has 0 saturated carbocycles. The number of rotatable bonds is 3. The molecule has 1 aromatic carbocycles. The molecule has 1 N–H and O–H groups in total. The quantitative estimate of drug-likeness (QED) is 0.947. The van der Waals surface area contributed by atoms with E-state index in [0.717, 1.165) is 12.1 Å². The van der Waals surface area contributed by atoms with Crippen LogP contribution < -0.4 is 5.32 Å². The molecule has 1 aromatic heterocycles. The van der Waals surface area contributed by atoms with Gasteiger partial charge in [0.25, 0.3) is 0 Å². The van der Waals surface area contributed by atoms with Gasteiger partial charge in [-0.1, -0.05) is 16.8 Å². The molecular formula is C13H15ClF2N4.